The highest BCUT2D eigenvalue weighted by Crippen LogP contribution is 2.49. The summed E-state index contributed by atoms with van der Waals surface area (Å²) in [6.45, 7) is 2.97. The molecule has 1 aromatic carbocycles. The van der Waals surface area contributed by atoms with Gasteiger partial charge in [-0.05, 0) is 57.5 Å². The number of amides is 1. The van der Waals surface area contributed by atoms with Gasteiger partial charge >= 0.3 is 0 Å². The van der Waals surface area contributed by atoms with Crippen molar-refractivity contribution in [1.29, 1.82) is 5.26 Å². The molecule has 0 unspecified atom stereocenters. The van der Waals surface area contributed by atoms with Gasteiger partial charge in [0.15, 0.2) is 23.1 Å². The highest BCUT2D eigenvalue weighted by molar-refractivity contribution is 6.26. The summed E-state index contributed by atoms with van der Waals surface area (Å²) in [4.78, 5) is 77.2. The van der Waals surface area contributed by atoms with E-state index in [1.165, 1.54) is 27.2 Å². The predicted molar refractivity (Wildman–Crippen MR) is 181 cm³/mol. The largest absolute Gasteiger partial charge is 0.492 e. The number of carbonyl (C=O) groups is 5. The van der Waals surface area contributed by atoms with Gasteiger partial charge in [-0.2, -0.15) is 5.26 Å². The molecule has 4 heterocycles. The van der Waals surface area contributed by atoms with Crippen LogP contribution in [0.1, 0.15) is 32.3 Å². The van der Waals surface area contributed by atoms with E-state index in [-0.39, 0.29) is 70.3 Å². The standard InChI is InChI=1S/C38H35N5O7/c1-18-33(45)22-15-26-32-31-23(34(46)19(2)38(50-5)36(31)48)14-25(42(32)3)27(16-39)43(26)28(30(22)35(47)37(18)49-4)17-41-29(44)11-10-20-12-13-40-24-9-7-6-8-21(20)24/h6-13,25-28,32H,14-15,17H2,1-5H3,(H,41,44)/b11-10+/t25-,26-,27-,28-,32-/m0/s1. The van der Waals surface area contributed by atoms with E-state index in [4.69, 9.17) is 9.47 Å². The molecule has 3 aliphatic heterocycles. The van der Waals surface area contributed by atoms with Gasteiger partial charge in [0, 0.05) is 69.7 Å². The number of carbonyl (C=O) groups excluding carboxylic acids is 5. The molecule has 1 aromatic heterocycles. The maximum absolute atomic E-state index is 14.1. The molecule has 1 amide bonds. The first-order valence-corrected chi connectivity index (χ1v) is 16.4. The summed E-state index contributed by atoms with van der Waals surface area (Å²) < 4.78 is 10.8. The van der Waals surface area contributed by atoms with Gasteiger partial charge in [-0.3, -0.25) is 38.8 Å². The van der Waals surface area contributed by atoms with E-state index in [2.05, 4.69) is 16.4 Å². The molecule has 50 heavy (non-hydrogen) atoms. The Morgan fingerprint density at radius 3 is 2.22 bits per heavy atom. The molecular formula is C38H35N5O7. The van der Waals surface area contributed by atoms with Gasteiger partial charge in [0.1, 0.15) is 6.04 Å². The molecule has 254 valence electrons. The number of allylic oxidation sites excluding steroid dienone is 4. The predicted octanol–water partition coefficient (Wildman–Crippen LogP) is 2.52. The number of rotatable bonds is 6. The van der Waals surface area contributed by atoms with Gasteiger partial charge in [0.05, 0.1) is 37.9 Å². The molecule has 1 saturated heterocycles. The first-order valence-electron chi connectivity index (χ1n) is 16.4. The fourth-order valence-corrected chi connectivity index (χ4v) is 8.50. The van der Waals surface area contributed by atoms with Crippen LogP contribution in [0.15, 0.2) is 87.6 Å². The number of likely N-dealkylation sites (N-methyl/N-ethyl adjacent to an activating group) is 1. The number of hydrogen-bond acceptors (Lipinski definition) is 11. The van der Waals surface area contributed by atoms with Gasteiger partial charge in [0.2, 0.25) is 17.5 Å². The molecule has 5 atom stereocenters. The van der Waals surface area contributed by atoms with Crippen LogP contribution >= 0.6 is 0 Å². The molecule has 0 saturated carbocycles. The molecule has 2 aromatic rings. The number of piperazine rings is 1. The van der Waals surface area contributed by atoms with Crippen molar-refractivity contribution >= 4 is 46.0 Å². The Morgan fingerprint density at radius 2 is 1.56 bits per heavy atom. The molecule has 2 aliphatic carbocycles. The first kappa shape index (κ1) is 33.0. The van der Waals surface area contributed by atoms with E-state index in [9.17, 15) is 29.2 Å². The monoisotopic (exact) mass is 673 g/mol. The minimum Gasteiger partial charge on any atom is -0.492 e. The third kappa shape index (κ3) is 4.80. The van der Waals surface area contributed by atoms with Gasteiger partial charge in [-0.15, -0.1) is 0 Å². The third-order valence-corrected chi connectivity index (χ3v) is 10.8. The second kappa shape index (κ2) is 12.4. The Kier molecular flexibility index (Phi) is 8.20. The number of Topliss-reactive ketones (excluding diaryl/α,β-unsaturated/α-hetero) is 4. The SMILES string of the molecule is COC1=C(C)C(=O)C2=C(C1=O)[C@@H]1[C@@H]3CC4=C(C(=O)C(OC)=C(C)C4=O)[C@H](CNC(=O)/C=C/c4ccnc5ccccc45)N3[C@@H](C#N)[C@H](C2)N1C. The Labute approximate surface area is 288 Å². The van der Waals surface area contributed by atoms with Crippen LogP contribution in [-0.2, 0) is 33.4 Å². The van der Waals surface area contributed by atoms with Crippen molar-refractivity contribution in [2.75, 3.05) is 27.8 Å². The van der Waals surface area contributed by atoms with Crippen molar-refractivity contribution in [1.82, 2.24) is 20.1 Å². The van der Waals surface area contributed by atoms with E-state index in [0.29, 0.717) is 5.57 Å². The molecule has 1 fully saturated rings. The summed E-state index contributed by atoms with van der Waals surface area (Å²) >= 11 is 0. The zero-order valence-electron chi connectivity index (χ0n) is 28.3. The lowest BCUT2D eigenvalue weighted by molar-refractivity contribution is -0.125. The fraction of sp³-hybridized carbons (Fsp3) is 0.342. The number of hydrogen-bond donors (Lipinski definition) is 1. The number of ether oxygens (including phenoxy) is 2. The topological polar surface area (TPSA) is 159 Å². The average Bonchev–Trinajstić information content (AvgIpc) is 3.11. The molecule has 0 spiro atoms. The maximum atomic E-state index is 14.1. The quantitative estimate of drug-likeness (QED) is 0.355. The minimum atomic E-state index is -0.920. The highest BCUT2D eigenvalue weighted by atomic mass is 16.5. The van der Waals surface area contributed by atoms with Gasteiger partial charge < -0.3 is 14.8 Å². The molecule has 1 N–H and O–H groups in total. The van der Waals surface area contributed by atoms with Crippen LogP contribution in [0.5, 0.6) is 0 Å². The molecule has 12 nitrogen and oxygen atoms in total. The Hall–Kier alpha value is -5.51. The number of nitriles is 1. The molecular weight excluding hydrogens is 638 g/mol. The lowest BCUT2D eigenvalue weighted by Gasteiger charge is -2.60. The number of fused-ring (bicyclic) bond motifs is 6. The fourth-order valence-electron chi connectivity index (χ4n) is 8.50. The van der Waals surface area contributed by atoms with Crippen LogP contribution in [0.3, 0.4) is 0 Å². The van der Waals surface area contributed by atoms with Crippen molar-refractivity contribution in [3.63, 3.8) is 0 Å². The summed E-state index contributed by atoms with van der Waals surface area (Å²) in [7, 11) is 4.49. The van der Waals surface area contributed by atoms with Crippen LogP contribution in [0, 0.1) is 11.3 Å². The first-order chi connectivity index (χ1) is 24.0. The third-order valence-electron chi connectivity index (χ3n) is 10.8. The van der Waals surface area contributed by atoms with E-state index < -0.39 is 47.7 Å². The molecule has 7 rings (SSSR count). The van der Waals surface area contributed by atoms with Gasteiger partial charge in [-0.1, -0.05) is 18.2 Å². The summed E-state index contributed by atoms with van der Waals surface area (Å²) in [5.74, 6) is -2.14. The summed E-state index contributed by atoms with van der Waals surface area (Å²) in [5.41, 5.74) is 2.98. The van der Waals surface area contributed by atoms with Crippen molar-refractivity contribution in [2.24, 2.45) is 0 Å². The second-order valence-corrected chi connectivity index (χ2v) is 13.1. The van der Waals surface area contributed by atoms with Crippen molar-refractivity contribution < 1.29 is 33.4 Å². The number of ketones is 4. The van der Waals surface area contributed by atoms with Crippen molar-refractivity contribution in [3.05, 3.63) is 93.1 Å². The Morgan fingerprint density at radius 1 is 0.940 bits per heavy atom. The Bertz CT molecular complexity index is 2130. The smallest absolute Gasteiger partial charge is 0.244 e. The van der Waals surface area contributed by atoms with Gasteiger partial charge in [0.25, 0.3) is 0 Å². The minimum absolute atomic E-state index is 0.0321. The summed E-state index contributed by atoms with van der Waals surface area (Å²) in [6.07, 6.45) is 4.90. The number of pyridine rings is 1. The number of methoxy groups -OCH3 is 2. The molecule has 5 aliphatic rings. The van der Waals surface area contributed by atoms with Crippen molar-refractivity contribution in [2.45, 2.75) is 56.9 Å². The van der Waals surface area contributed by atoms with E-state index >= 15 is 0 Å². The molecule has 0 radical (unpaired) electrons. The normalized spacial score (nSPS) is 27.1. The van der Waals surface area contributed by atoms with Crippen molar-refractivity contribution in [3.8, 4) is 6.07 Å². The van der Waals surface area contributed by atoms with E-state index in [1.807, 2.05) is 41.1 Å². The van der Waals surface area contributed by atoms with Crippen LogP contribution in [-0.4, -0.2) is 102 Å². The zero-order chi connectivity index (χ0) is 35.6. The van der Waals surface area contributed by atoms with Gasteiger partial charge in [-0.25, -0.2) is 0 Å². The summed E-state index contributed by atoms with van der Waals surface area (Å²) in [5, 5.41) is 14.5. The second-order valence-electron chi connectivity index (χ2n) is 13.1. The van der Waals surface area contributed by atoms with E-state index in [0.717, 1.165) is 16.5 Å². The molecule has 12 heteroatoms. The Balaban J connectivity index is 1.30. The molecule has 2 bridgehead atoms. The number of nitrogens with zero attached hydrogens (tertiary/aromatic N) is 4. The number of nitrogens with one attached hydrogen (secondary N) is 1. The highest BCUT2D eigenvalue weighted by Gasteiger charge is 2.59. The zero-order valence-corrected chi connectivity index (χ0v) is 28.3. The van der Waals surface area contributed by atoms with Crippen LogP contribution < -0.4 is 5.32 Å². The number of para-hydroxylation sites is 1. The van der Waals surface area contributed by atoms with Crippen LogP contribution in [0.25, 0.3) is 17.0 Å². The van der Waals surface area contributed by atoms with E-state index in [1.54, 1.807) is 25.3 Å². The summed E-state index contributed by atoms with van der Waals surface area (Å²) in [6, 6.07) is 8.09. The lowest BCUT2D eigenvalue weighted by Crippen LogP contribution is -2.74. The van der Waals surface area contributed by atoms with Crippen LogP contribution in [0.2, 0.25) is 0 Å². The maximum Gasteiger partial charge on any atom is 0.244 e. The number of benzene rings is 1. The van der Waals surface area contributed by atoms with Crippen LogP contribution in [0.4, 0.5) is 0 Å². The average molecular weight is 674 g/mol. The lowest BCUT2D eigenvalue weighted by atomic mass is 9.67. The number of aromatic nitrogens is 1.